The summed E-state index contributed by atoms with van der Waals surface area (Å²) in [6.07, 6.45) is 6.76. The van der Waals surface area contributed by atoms with Gasteiger partial charge in [0.1, 0.15) is 0 Å². The van der Waals surface area contributed by atoms with E-state index in [1.165, 1.54) is 0 Å². The van der Waals surface area contributed by atoms with Gasteiger partial charge in [0.2, 0.25) is 5.65 Å². The zero-order valence-corrected chi connectivity index (χ0v) is 22.1. The average Bonchev–Trinajstić information content (AvgIpc) is 2.84. The number of aliphatic imine (C=N–C) groups is 1. The van der Waals surface area contributed by atoms with E-state index < -0.39 is 0 Å². The molecule has 0 fully saturated rings. The van der Waals surface area contributed by atoms with Crippen molar-refractivity contribution in [3.63, 3.8) is 0 Å². The first-order chi connectivity index (χ1) is 17.4. The van der Waals surface area contributed by atoms with Gasteiger partial charge in [-0.1, -0.05) is 34.8 Å². The van der Waals surface area contributed by atoms with Gasteiger partial charge in [-0.3, -0.25) is 14.7 Å². The summed E-state index contributed by atoms with van der Waals surface area (Å²) in [5.41, 5.74) is 3.45. The van der Waals surface area contributed by atoms with Crippen molar-refractivity contribution in [2.75, 3.05) is 32.2 Å². The molecule has 2 aromatic heterocycles. The van der Waals surface area contributed by atoms with Crippen LogP contribution in [0.1, 0.15) is 38.7 Å². The molecule has 0 amide bonds. The van der Waals surface area contributed by atoms with E-state index in [2.05, 4.69) is 16.4 Å². The molecule has 0 radical (unpaired) electrons. The topological polar surface area (TPSA) is 81.6 Å². The van der Waals surface area contributed by atoms with Crippen molar-refractivity contribution in [1.82, 2.24) is 9.55 Å². The molecule has 1 N–H and O–H groups in total. The van der Waals surface area contributed by atoms with Crippen LogP contribution in [-0.2, 0) is 23.1 Å². The van der Waals surface area contributed by atoms with Gasteiger partial charge in [0.05, 0.1) is 37.5 Å². The summed E-state index contributed by atoms with van der Waals surface area (Å²) in [6, 6.07) is 7.59. The lowest BCUT2D eigenvalue weighted by Crippen LogP contribution is -2.35. The van der Waals surface area contributed by atoms with E-state index in [0.29, 0.717) is 53.4 Å². The molecule has 0 bridgehead atoms. The van der Waals surface area contributed by atoms with Crippen LogP contribution in [0.2, 0.25) is 5.02 Å². The molecule has 0 unspecified atom stereocenters. The number of ether oxygens (including phenoxy) is 2. The largest absolute Gasteiger partial charge is 0.481 e. The Morgan fingerprint density at radius 2 is 2.11 bits per heavy atom. The smallest absolute Gasteiger partial charge is 0.393 e. The number of benzene rings is 1. The van der Waals surface area contributed by atoms with Crippen molar-refractivity contribution in [2.45, 2.75) is 39.7 Å². The number of hydrogen-bond acceptors (Lipinski definition) is 6. The zero-order chi connectivity index (χ0) is 25.7. The Bertz CT molecular complexity index is 1380. The first kappa shape index (κ1) is 25.9. The van der Waals surface area contributed by atoms with Gasteiger partial charge in [-0.2, -0.15) is 0 Å². The number of methoxy groups -OCH3 is 1. The maximum atomic E-state index is 13.5. The Balaban J connectivity index is 1.74. The van der Waals surface area contributed by atoms with Crippen molar-refractivity contribution in [1.29, 1.82) is 0 Å². The predicted molar refractivity (Wildman–Crippen MR) is 145 cm³/mol. The molecule has 3 aromatic rings. The standard InChI is InChI=1S/C27H32ClN5O3/c1-5-33-25-20(17-32(3)27(31-25)29-12-8-13-35-4)15-22(26(33)34)21-11-10-19(16-23(21)28)24-9-6-7-14-36-18(2)30-24/h9-11,15-17H,5-8,12-14H2,1-4H3/p+1. The number of aryl methyl sites for hydroxylation is 2. The van der Waals surface area contributed by atoms with Gasteiger partial charge in [-0.25, -0.2) is 9.56 Å². The van der Waals surface area contributed by atoms with E-state index in [4.69, 9.17) is 26.1 Å². The number of nitrogens with zero attached hydrogens (tertiary/aromatic N) is 4. The highest BCUT2D eigenvalue weighted by molar-refractivity contribution is 6.33. The molecule has 3 heterocycles. The number of fused-ring (bicyclic) bond motifs is 1. The third-order valence-corrected chi connectivity index (χ3v) is 6.44. The second-order valence-electron chi connectivity index (χ2n) is 8.74. The second kappa shape index (κ2) is 11.7. The maximum Gasteiger partial charge on any atom is 0.393 e. The summed E-state index contributed by atoms with van der Waals surface area (Å²) in [6.45, 7) is 6.35. The molecule has 9 heteroatoms. The zero-order valence-electron chi connectivity index (χ0n) is 21.3. The minimum absolute atomic E-state index is 0.126. The van der Waals surface area contributed by atoms with Crippen molar-refractivity contribution >= 4 is 40.2 Å². The van der Waals surface area contributed by atoms with Gasteiger partial charge in [-0.05, 0) is 31.9 Å². The summed E-state index contributed by atoms with van der Waals surface area (Å²) in [7, 11) is 3.62. The Morgan fingerprint density at radius 1 is 1.28 bits per heavy atom. The van der Waals surface area contributed by atoms with Crippen LogP contribution in [0.25, 0.3) is 27.9 Å². The van der Waals surface area contributed by atoms with Crippen LogP contribution >= 0.6 is 11.6 Å². The molecule has 1 aromatic carbocycles. The van der Waals surface area contributed by atoms with Gasteiger partial charge >= 0.3 is 5.95 Å². The molecular formula is C27H33ClN5O3+. The highest BCUT2D eigenvalue weighted by atomic mass is 35.5. The van der Waals surface area contributed by atoms with Crippen LogP contribution in [-0.4, -0.2) is 42.3 Å². The first-order valence-corrected chi connectivity index (χ1v) is 12.7. The average molecular weight is 511 g/mol. The van der Waals surface area contributed by atoms with Gasteiger partial charge in [0, 0.05) is 55.3 Å². The number of anilines is 1. The highest BCUT2D eigenvalue weighted by Crippen LogP contribution is 2.31. The Kier molecular flexibility index (Phi) is 8.38. The molecule has 36 heavy (non-hydrogen) atoms. The quantitative estimate of drug-likeness (QED) is 0.354. The Labute approximate surface area is 216 Å². The fourth-order valence-corrected chi connectivity index (χ4v) is 4.56. The molecular weight excluding hydrogens is 478 g/mol. The molecule has 0 aliphatic carbocycles. The van der Waals surface area contributed by atoms with Crippen molar-refractivity contribution < 1.29 is 14.0 Å². The predicted octanol–water partition coefficient (Wildman–Crippen LogP) is 4.58. The monoisotopic (exact) mass is 510 g/mol. The number of nitrogens with one attached hydrogen (secondary N) is 1. The number of aromatic nitrogens is 3. The highest BCUT2D eigenvalue weighted by Gasteiger charge is 2.19. The van der Waals surface area contributed by atoms with E-state index in [1.807, 2.05) is 55.9 Å². The fourth-order valence-electron chi connectivity index (χ4n) is 4.28. The van der Waals surface area contributed by atoms with Crippen molar-refractivity contribution in [3.8, 4) is 11.1 Å². The minimum Gasteiger partial charge on any atom is -0.481 e. The van der Waals surface area contributed by atoms with Crippen LogP contribution in [0.3, 0.4) is 0 Å². The summed E-state index contributed by atoms with van der Waals surface area (Å²) in [4.78, 5) is 22.9. The summed E-state index contributed by atoms with van der Waals surface area (Å²) in [5, 5.41) is 4.68. The number of halogens is 1. The normalized spacial score (nSPS) is 14.0. The van der Waals surface area contributed by atoms with E-state index >= 15 is 0 Å². The summed E-state index contributed by atoms with van der Waals surface area (Å²) in [5.74, 6) is 1.33. The van der Waals surface area contributed by atoms with E-state index in [-0.39, 0.29) is 5.56 Å². The molecule has 1 aliphatic rings. The molecule has 1 aliphatic heterocycles. The number of pyridine rings is 1. The Morgan fingerprint density at radius 3 is 2.86 bits per heavy atom. The van der Waals surface area contributed by atoms with Gasteiger partial charge in [0.25, 0.3) is 5.56 Å². The minimum atomic E-state index is -0.126. The number of rotatable bonds is 8. The van der Waals surface area contributed by atoms with Crippen LogP contribution in [0.15, 0.2) is 46.3 Å². The van der Waals surface area contributed by atoms with Gasteiger partial charge in [-0.15, -0.1) is 0 Å². The van der Waals surface area contributed by atoms with E-state index in [9.17, 15) is 4.79 Å². The molecule has 0 saturated heterocycles. The summed E-state index contributed by atoms with van der Waals surface area (Å²) >= 11 is 6.75. The second-order valence-corrected chi connectivity index (χ2v) is 9.15. The first-order valence-electron chi connectivity index (χ1n) is 12.3. The number of hydrogen-bond donors (Lipinski definition) is 1. The molecule has 0 spiro atoms. The molecule has 8 nitrogen and oxygen atoms in total. The Hall–Kier alpha value is -3.23. The van der Waals surface area contributed by atoms with Crippen LogP contribution < -0.4 is 15.4 Å². The number of allylic oxidation sites excluding steroid dienone is 1. The van der Waals surface area contributed by atoms with Crippen molar-refractivity contribution in [3.05, 3.63) is 57.5 Å². The molecule has 0 saturated carbocycles. The SMILES string of the molecule is CCn1c(=O)c(-c2ccc(C3=CCCCOC(C)=N3)cc2Cl)cc2c[n+](C)c(NCCCOC)nc21. The third kappa shape index (κ3) is 5.60. The lowest BCUT2D eigenvalue weighted by atomic mass is 10.0. The fraction of sp³-hybridized carbons (Fsp3) is 0.407. The van der Waals surface area contributed by atoms with Crippen LogP contribution in [0, 0.1) is 0 Å². The molecule has 4 rings (SSSR count). The maximum absolute atomic E-state index is 13.5. The third-order valence-electron chi connectivity index (χ3n) is 6.12. The molecule has 190 valence electrons. The van der Waals surface area contributed by atoms with Gasteiger partial charge in [0.15, 0.2) is 5.90 Å². The summed E-state index contributed by atoms with van der Waals surface area (Å²) < 4.78 is 14.3. The lowest BCUT2D eigenvalue weighted by Gasteiger charge is -2.13. The van der Waals surface area contributed by atoms with Crippen LogP contribution in [0.5, 0.6) is 0 Å². The lowest BCUT2D eigenvalue weighted by molar-refractivity contribution is -0.658. The van der Waals surface area contributed by atoms with Crippen LogP contribution in [0.4, 0.5) is 5.95 Å². The molecule has 0 atom stereocenters. The van der Waals surface area contributed by atoms with E-state index in [1.54, 1.807) is 11.7 Å². The van der Waals surface area contributed by atoms with Gasteiger partial charge < -0.3 is 9.47 Å². The van der Waals surface area contributed by atoms with E-state index in [0.717, 1.165) is 42.5 Å². The van der Waals surface area contributed by atoms with Crippen molar-refractivity contribution in [2.24, 2.45) is 12.0 Å².